The standard InChI is InChI=1S/C14H24N2O/c1-4-5-9-17-14-13(7-6-8-16-14)11-15-10-12(2)3/h6-8,12,15H,4-5,9-11H2,1-3H3. The van der Waals surface area contributed by atoms with E-state index < -0.39 is 0 Å². The van der Waals surface area contributed by atoms with Crippen molar-refractivity contribution in [2.24, 2.45) is 5.92 Å². The average molecular weight is 236 g/mol. The third-order valence-corrected chi connectivity index (χ3v) is 2.45. The van der Waals surface area contributed by atoms with E-state index in [1.807, 2.05) is 6.07 Å². The van der Waals surface area contributed by atoms with Crippen molar-refractivity contribution in [3.05, 3.63) is 23.9 Å². The molecule has 0 aliphatic heterocycles. The van der Waals surface area contributed by atoms with E-state index in [1.165, 1.54) is 0 Å². The lowest BCUT2D eigenvalue weighted by atomic mass is 10.2. The Bertz CT molecular complexity index is 313. The van der Waals surface area contributed by atoms with Crippen LogP contribution in [0.4, 0.5) is 0 Å². The van der Waals surface area contributed by atoms with Crippen LogP contribution < -0.4 is 10.1 Å². The third kappa shape index (κ3) is 5.68. The zero-order chi connectivity index (χ0) is 12.5. The fraction of sp³-hybridized carbons (Fsp3) is 0.643. The molecule has 0 unspecified atom stereocenters. The molecule has 0 aromatic carbocycles. The van der Waals surface area contributed by atoms with Crippen LogP contribution in [0.1, 0.15) is 39.2 Å². The van der Waals surface area contributed by atoms with Crippen LogP contribution in [-0.2, 0) is 6.54 Å². The van der Waals surface area contributed by atoms with Crippen molar-refractivity contribution >= 4 is 0 Å². The molecule has 0 aliphatic rings. The van der Waals surface area contributed by atoms with Gasteiger partial charge in [-0.1, -0.05) is 33.3 Å². The topological polar surface area (TPSA) is 34.1 Å². The quantitative estimate of drug-likeness (QED) is 0.705. The largest absolute Gasteiger partial charge is 0.477 e. The molecule has 1 N–H and O–H groups in total. The lowest BCUT2D eigenvalue weighted by molar-refractivity contribution is 0.293. The molecule has 0 saturated heterocycles. The highest BCUT2D eigenvalue weighted by Gasteiger charge is 2.04. The summed E-state index contributed by atoms with van der Waals surface area (Å²) in [6.07, 6.45) is 4.01. The summed E-state index contributed by atoms with van der Waals surface area (Å²) >= 11 is 0. The number of unbranched alkanes of at least 4 members (excludes halogenated alkanes) is 1. The molecule has 0 fully saturated rings. The first-order chi connectivity index (χ1) is 8.24. The summed E-state index contributed by atoms with van der Waals surface area (Å²) in [5.41, 5.74) is 1.14. The molecule has 1 aromatic heterocycles. The maximum atomic E-state index is 5.68. The molecule has 0 spiro atoms. The summed E-state index contributed by atoms with van der Waals surface area (Å²) in [5.74, 6) is 1.44. The molecule has 0 saturated carbocycles. The van der Waals surface area contributed by atoms with E-state index in [-0.39, 0.29) is 0 Å². The van der Waals surface area contributed by atoms with Crippen LogP contribution in [-0.4, -0.2) is 18.1 Å². The highest BCUT2D eigenvalue weighted by Crippen LogP contribution is 2.14. The van der Waals surface area contributed by atoms with E-state index in [9.17, 15) is 0 Å². The minimum absolute atomic E-state index is 0.663. The van der Waals surface area contributed by atoms with Crippen molar-refractivity contribution in [3.63, 3.8) is 0 Å². The molecule has 0 radical (unpaired) electrons. The summed E-state index contributed by atoms with van der Waals surface area (Å²) in [7, 11) is 0. The minimum atomic E-state index is 0.663. The smallest absolute Gasteiger partial charge is 0.217 e. The summed E-state index contributed by atoms with van der Waals surface area (Å²) in [6.45, 7) is 9.16. The van der Waals surface area contributed by atoms with Crippen LogP contribution in [0, 0.1) is 5.92 Å². The van der Waals surface area contributed by atoms with Gasteiger partial charge in [-0.3, -0.25) is 0 Å². The molecule has 0 atom stereocenters. The van der Waals surface area contributed by atoms with Crippen LogP contribution in [0.25, 0.3) is 0 Å². The number of ether oxygens (including phenoxy) is 1. The first kappa shape index (κ1) is 14.0. The van der Waals surface area contributed by atoms with Crippen LogP contribution >= 0.6 is 0 Å². The van der Waals surface area contributed by atoms with Crippen LogP contribution in [0.15, 0.2) is 18.3 Å². The van der Waals surface area contributed by atoms with E-state index in [1.54, 1.807) is 6.20 Å². The lowest BCUT2D eigenvalue weighted by Crippen LogP contribution is -2.19. The van der Waals surface area contributed by atoms with Gasteiger partial charge in [-0.2, -0.15) is 0 Å². The molecule has 1 rings (SSSR count). The van der Waals surface area contributed by atoms with E-state index in [2.05, 4.69) is 37.1 Å². The van der Waals surface area contributed by atoms with Gasteiger partial charge < -0.3 is 10.1 Å². The predicted molar refractivity (Wildman–Crippen MR) is 71.2 cm³/mol. The van der Waals surface area contributed by atoms with Crippen molar-refractivity contribution in [2.45, 2.75) is 40.2 Å². The van der Waals surface area contributed by atoms with Gasteiger partial charge in [0.2, 0.25) is 5.88 Å². The Morgan fingerprint density at radius 3 is 2.94 bits per heavy atom. The zero-order valence-electron chi connectivity index (χ0n) is 11.2. The Kier molecular flexibility index (Phi) is 6.63. The first-order valence-electron chi connectivity index (χ1n) is 6.51. The molecule has 17 heavy (non-hydrogen) atoms. The molecule has 0 aliphatic carbocycles. The van der Waals surface area contributed by atoms with Gasteiger partial charge in [0.25, 0.3) is 0 Å². The van der Waals surface area contributed by atoms with E-state index in [0.717, 1.165) is 44.0 Å². The summed E-state index contributed by atoms with van der Waals surface area (Å²) in [5, 5.41) is 3.41. The molecule has 1 aromatic rings. The van der Waals surface area contributed by atoms with Gasteiger partial charge in [0.1, 0.15) is 0 Å². The van der Waals surface area contributed by atoms with Gasteiger partial charge in [-0.15, -0.1) is 0 Å². The average Bonchev–Trinajstić information content (AvgIpc) is 2.31. The number of pyridine rings is 1. The van der Waals surface area contributed by atoms with Crippen molar-refractivity contribution in [3.8, 4) is 5.88 Å². The van der Waals surface area contributed by atoms with Gasteiger partial charge in [-0.25, -0.2) is 4.98 Å². The molecule has 3 nitrogen and oxygen atoms in total. The monoisotopic (exact) mass is 236 g/mol. The number of aromatic nitrogens is 1. The van der Waals surface area contributed by atoms with Gasteiger partial charge in [-0.05, 0) is 24.9 Å². The SMILES string of the molecule is CCCCOc1ncccc1CNCC(C)C. The number of hydrogen-bond acceptors (Lipinski definition) is 3. The van der Waals surface area contributed by atoms with E-state index >= 15 is 0 Å². The molecule has 1 heterocycles. The van der Waals surface area contributed by atoms with Crippen LogP contribution in [0.2, 0.25) is 0 Å². The van der Waals surface area contributed by atoms with Crippen molar-refractivity contribution in [2.75, 3.05) is 13.2 Å². The molecule has 0 bridgehead atoms. The number of hydrogen-bond donors (Lipinski definition) is 1. The van der Waals surface area contributed by atoms with Crippen molar-refractivity contribution in [1.29, 1.82) is 0 Å². The van der Waals surface area contributed by atoms with E-state index in [4.69, 9.17) is 4.74 Å². The Morgan fingerprint density at radius 1 is 1.41 bits per heavy atom. The van der Waals surface area contributed by atoms with Gasteiger partial charge in [0, 0.05) is 18.3 Å². The second-order valence-corrected chi connectivity index (χ2v) is 4.69. The highest BCUT2D eigenvalue weighted by molar-refractivity contribution is 5.25. The zero-order valence-corrected chi connectivity index (χ0v) is 11.2. The minimum Gasteiger partial charge on any atom is -0.477 e. The molecular weight excluding hydrogens is 212 g/mol. The number of nitrogens with one attached hydrogen (secondary N) is 1. The second-order valence-electron chi connectivity index (χ2n) is 4.69. The van der Waals surface area contributed by atoms with Gasteiger partial charge in [0.15, 0.2) is 0 Å². The highest BCUT2D eigenvalue weighted by atomic mass is 16.5. The Hall–Kier alpha value is -1.09. The Labute approximate surface area is 105 Å². The van der Waals surface area contributed by atoms with Crippen molar-refractivity contribution < 1.29 is 4.74 Å². The van der Waals surface area contributed by atoms with Gasteiger partial charge in [0.05, 0.1) is 6.61 Å². The fourth-order valence-electron chi connectivity index (χ4n) is 1.50. The molecular formula is C14H24N2O. The third-order valence-electron chi connectivity index (χ3n) is 2.45. The van der Waals surface area contributed by atoms with Crippen LogP contribution in [0.3, 0.4) is 0 Å². The second kappa shape index (κ2) is 8.07. The molecule has 3 heteroatoms. The summed E-state index contributed by atoms with van der Waals surface area (Å²) in [4.78, 5) is 4.29. The lowest BCUT2D eigenvalue weighted by Gasteiger charge is -2.11. The normalized spacial score (nSPS) is 10.8. The maximum absolute atomic E-state index is 5.68. The number of rotatable bonds is 8. The Morgan fingerprint density at radius 2 is 2.24 bits per heavy atom. The molecule has 96 valence electrons. The molecule has 0 amide bonds. The van der Waals surface area contributed by atoms with E-state index in [0.29, 0.717) is 5.92 Å². The predicted octanol–water partition coefficient (Wildman–Crippen LogP) is 3.01. The number of nitrogens with zero attached hydrogens (tertiary/aromatic N) is 1. The van der Waals surface area contributed by atoms with Gasteiger partial charge >= 0.3 is 0 Å². The maximum Gasteiger partial charge on any atom is 0.217 e. The van der Waals surface area contributed by atoms with Crippen LogP contribution in [0.5, 0.6) is 5.88 Å². The first-order valence-corrected chi connectivity index (χ1v) is 6.51. The van der Waals surface area contributed by atoms with Crippen molar-refractivity contribution in [1.82, 2.24) is 10.3 Å². The summed E-state index contributed by atoms with van der Waals surface area (Å²) < 4.78 is 5.68. The summed E-state index contributed by atoms with van der Waals surface area (Å²) in [6, 6.07) is 4.03. The fourth-order valence-corrected chi connectivity index (χ4v) is 1.50. The Balaban J connectivity index is 2.46.